The SMILES string of the molecule is COC1C=CC(CNS(=O)(=O)c2cn(Cc3ccccc3)nc2C(C)(C)C)(OC)O1. The van der Waals surface area contributed by atoms with Crippen molar-refractivity contribution in [2.45, 2.75) is 49.7 Å². The van der Waals surface area contributed by atoms with Gasteiger partial charge in [0.05, 0.1) is 18.8 Å². The van der Waals surface area contributed by atoms with Crippen LogP contribution < -0.4 is 4.72 Å². The van der Waals surface area contributed by atoms with Crippen LogP contribution in [0, 0.1) is 0 Å². The first kappa shape index (κ1) is 22.6. The van der Waals surface area contributed by atoms with E-state index < -0.39 is 27.5 Å². The third-order valence-electron chi connectivity index (χ3n) is 4.82. The van der Waals surface area contributed by atoms with Crippen LogP contribution in [0.3, 0.4) is 0 Å². The predicted molar refractivity (Wildman–Crippen MR) is 112 cm³/mol. The summed E-state index contributed by atoms with van der Waals surface area (Å²) in [6.07, 6.45) is 4.30. The maximum Gasteiger partial charge on any atom is 0.244 e. The van der Waals surface area contributed by atoms with Gasteiger partial charge >= 0.3 is 0 Å². The van der Waals surface area contributed by atoms with Gasteiger partial charge in [-0.1, -0.05) is 51.1 Å². The number of nitrogens with zero attached hydrogens (tertiary/aromatic N) is 2. The standard InChI is InChI=1S/C21H29N3O5S/c1-20(2,3)19-17(14-24(23-19)13-16-9-7-6-8-10-16)30(25,26)22-15-21(28-5)12-11-18(27-4)29-21/h6-12,14,18,22H,13,15H2,1-5H3. The van der Waals surface area contributed by atoms with Crippen molar-refractivity contribution >= 4 is 10.0 Å². The molecule has 2 unspecified atom stereocenters. The summed E-state index contributed by atoms with van der Waals surface area (Å²) in [5.74, 6) is -1.23. The molecule has 0 saturated heterocycles. The highest BCUT2D eigenvalue weighted by Gasteiger charge is 2.38. The van der Waals surface area contributed by atoms with Gasteiger partial charge in [-0.2, -0.15) is 5.10 Å². The molecule has 2 atom stereocenters. The Hall–Kier alpha value is -2.04. The molecule has 0 aliphatic carbocycles. The van der Waals surface area contributed by atoms with E-state index in [4.69, 9.17) is 14.2 Å². The topological polar surface area (TPSA) is 91.7 Å². The molecule has 0 amide bonds. The van der Waals surface area contributed by atoms with Gasteiger partial charge in [0.15, 0.2) is 6.29 Å². The summed E-state index contributed by atoms with van der Waals surface area (Å²) in [4.78, 5) is 0.141. The third kappa shape index (κ3) is 4.98. The molecule has 164 valence electrons. The average molecular weight is 436 g/mol. The molecule has 0 fully saturated rings. The highest BCUT2D eigenvalue weighted by atomic mass is 32.2. The van der Waals surface area contributed by atoms with E-state index in [-0.39, 0.29) is 11.4 Å². The lowest BCUT2D eigenvalue weighted by atomic mass is 9.92. The zero-order valence-electron chi connectivity index (χ0n) is 18.0. The first-order valence-electron chi connectivity index (χ1n) is 9.65. The molecule has 30 heavy (non-hydrogen) atoms. The summed E-state index contributed by atoms with van der Waals surface area (Å²) in [5.41, 5.74) is 1.07. The zero-order chi connectivity index (χ0) is 22.0. The van der Waals surface area contributed by atoms with Gasteiger partial charge in [-0.25, -0.2) is 13.1 Å². The molecule has 2 aromatic rings. The maximum absolute atomic E-state index is 13.2. The van der Waals surface area contributed by atoms with Crippen LogP contribution in [0.15, 0.2) is 53.6 Å². The number of ether oxygens (including phenoxy) is 3. The average Bonchev–Trinajstić information content (AvgIpc) is 3.33. The van der Waals surface area contributed by atoms with E-state index in [1.165, 1.54) is 14.2 Å². The van der Waals surface area contributed by atoms with Gasteiger partial charge in [-0.05, 0) is 17.7 Å². The summed E-state index contributed by atoms with van der Waals surface area (Å²) in [6, 6.07) is 9.77. The van der Waals surface area contributed by atoms with Gasteiger partial charge in [0, 0.05) is 25.8 Å². The largest absolute Gasteiger partial charge is 0.352 e. The molecule has 1 aromatic carbocycles. The van der Waals surface area contributed by atoms with E-state index in [9.17, 15) is 8.42 Å². The van der Waals surface area contributed by atoms with Crippen LogP contribution in [-0.2, 0) is 36.2 Å². The van der Waals surface area contributed by atoms with Crippen molar-refractivity contribution in [2.75, 3.05) is 20.8 Å². The van der Waals surface area contributed by atoms with E-state index in [2.05, 4.69) is 9.82 Å². The molecule has 2 heterocycles. The zero-order valence-corrected chi connectivity index (χ0v) is 18.8. The fourth-order valence-electron chi connectivity index (χ4n) is 3.16. The molecule has 0 radical (unpaired) electrons. The van der Waals surface area contributed by atoms with Crippen LogP contribution in [-0.4, -0.2) is 51.0 Å². The predicted octanol–water partition coefficient (Wildman–Crippen LogP) is 2.41. The Labute approximate surface area is 177 Å². The normalized spacial score (nSPS) is 22.0. The lowest BCUT2D eigenvalue weighted by molar-refractivity contribution is -0.237. The smallest absolute Gasteiger partial charge is 0.244 e. The number of rotatable bonds is 8. The fraction of sp³-hybridized carbons (Fsp3) is 0.476. The minimum atomic E-state index is -3.87. The molecule has 0 bridgehead atoms. The fourth-order valence-corrected chi connectivity index (χ4v) is 4.57. The van der Waals surface area contributed by atoms with Gasteiger partial charge in [-0.15, -0.1) is 0 Å². The minimum absolute atomic E-state index is 0.102. The second-order valence-corrected chi connectivity index (χ2v) is 9.93. The van der Waals surface area contributed by atoms with Crippen molar-refractivity contribution in [2.24, 2.45) is 0 Å². The second kappa shape index (κ2) is 8.60. The summed E-state index contributed by atoms with van der Waals surface area (Å²) < 4.78 is 46.9. The van der Waals surface area contributed by atoms with Crippen molar-refractivity contribution in [3.05, 3.63) is 59.9 Å². The lowest BCUT2D eigenvalue weighted by Crippen LogP contribution is -2.44. The monoisotopic (exact) mass is 435 g/mol. The molecule has 1 aliphatic rings. The molecule has 8 nitrogen and oxygen atoms in total. The maximum atomic E-state index is 13.2. The van der Waals surface area contributed by atoms with Crippen molar-refractivity contribution in [1.82, 2.24) is 14.5 Å². The van der Waals surface area contributed by atoms with Crippen LogP contribution in [0.25, 0.3) is 0 Å². The van der Waals surface area contributed by atoms with Gasteiger partial charge < -0.3 is 14.2 Å². The number of benzene rings is 1. The second-order valence-electron chi connectivity index (χ2n) is 8.20. The number of nitrogens with one attached hydrogen (secondary N) is 1. The van der Waals surface area contributed by atoms with E-state index in [0.29, 0.717) is 12.2 Å². The Kier molecular flexibility index (Phi) is 6.49. The van der Waals surface area contributed by atoms with Gasteiger partial charge in [0.2, 0.25) is 15.8 Å². The van der Waals surface area contributed by atoms with Crippen molar-refractivity contribution < 1.29 is 22.6 Å². The molecule has 9 heteroatoms. The van der Waals surface area contributed by atoms with Gasteiger partial charge in [-0.3, -0.25) is 4.68 Å². The molecular formula is C21H29N3O5S. The third-order valence-corrected chi connectivity index (χ3v) is 6.23. The minimum Gasteiger partial charge on any atom is -0.352 e. The van der Waals surface area contributed by atoms with Crippen LogP contribution in [0.1, 0.15) is 32.0 Å². The molecular weight excluding hydrogens is 406 g/mol. The summed E-state index contributed by atoms with van der Waals surface area (Å²) in [7, 11) is -0.918. The van der Waals surface area contributed by atoms with Crippen LogP contribution in [0.5, 0.6) is 0 Å². The Morgan fingerprint density at radius 3 is 2.50 bits per heavy atom. The van der Waals surface area contributed by atoms with Gasteiger partial charge in [0.1, 0.15) is 4.90 Å². The lowest BCUT2D eigenvalue weighted by Gasteiger charge is -2.27. The molecule has 0 spiro atoms. The Morgan fingerprint density at radius 1 is 1.23 bits per heavy atom. The first-order chi connectivity index (χ1) is 14.1. The Balaban J connectivity index is 1.86. The number of methoxy groups -OCH3 is 2. The summed E-state index contributed by atoms with van der Waals surface area (Å²) >= 11 is 0. The molecule has 1 aromatic heterocycles. The number of aromatic nitrogens is 2. The molecule has 3 rings (SSSR count). The van der Waals surface area contributed by atoms with Crippen LogP contribution in [0.2, 0.25) is 0 Å². The number of hydrogen-bond donors (Lipinski definition) is 1. The molecule has 1 aliphatic heterocycles. The molecule has 1 N–H and O–H groups in total. The highest BCUT2D eigenvalue weighted by Crippen LogP contribution is 2.29. The van der Waals surface area contributed by atoms with Gasteiger partial charge in [0.25, 0.3) is 0 Å². The quantitative estimate of drug-likeness (QED) is 0.641. The van der Waals surface area contributed by atoms with E-state index in [1.54, 1.807) is 23.0 Å². The van der Waals surface area contributed by atoms with Crippen molar-refractivity contribution in [1.29, 1.82) is 0 Å². The van der Waals surface area contributed by atoms with Crippen molar-refractivity contribution in [3.8, 4) is 0 Å². The number of sulfonamides is 1. The Bertz CT molecular complexity index is 995. The Morgan fingerprint density at radius 2 is 1.93 bits per heavy atom. The molecule has 0 saturated carbocycles. The van der Waals surface area contributed by atoms with E-state index >= 15 is 0 Å². The van der Waals surface area contributed by atoms with Crippen LogP contribution in [0.4, 0.5) is 0 Å². The van der Waals surface area contributed by atoms with Crippen LogP contribution >= 0.6 is 0 Å². The summed E-state index contributed by atoms with van der Waals surface area (Å²) in [5, 5.41) is 4.59. The van der Waals surface area contributed by atoms with Crippen molar-refractivity contribution in [3.63, 3.8) is 0 Å². The van der Waals surface area contributed by atoms with E-state index in [1.807, 2.05) is 51.1 Å². The summed E-state index contributed by atoms with van der Waals surface area (Å²) in [6.45, 7) is 6.18. The first-order valence-corrected chi connectivity index (χ1v) is 11.1. The highest BCUT2D eigenvalue weighted by molar-refractivity contribution is 7.89. The number of hydrogen-bond acceptors (Lipinski definition) is 6. The van der Waals surface area contributed by atoms with E-state index in [0.717, 1.165) is 5.56 Å².